The number of thiophene rings is 1. The summed E-state index contributed by atoms with van der Waals surface area (Å²) in [5, 5.41) is 8.06. The quantitative estimate of drug-likeness (QED) is 0.302. The van der Waals surface area contributed by atoms with E-state index in [1.165, 1.54) is 19.2 Å². The molecule has 12 heteroatoms. The van der Waals surface area contributed by atoms with Crippen molar-refractivity contribution in [2.75, 3.05) is 45.6 Å². The molecule has 1 aromatic carbocycles. The third-order valence-corrected chi connectivity index (χ3v) is 9.92. The highest BCUT2D eigenvalue weighted by Gasteiger charge is 2.33. The molecular weight excluding hydrogens is 597 g/mol. The van der Waals surface area contributed by atoms with Gasteiger partial charge in [0.2, 0.25) is 17.7 Å². The van der Waals surface area contributed by atoms with Crippen LogP contribution in [0.4, 0.5) is 10.1 Å². The van der Waals surface area contributed by atoms with Gasteiger partial charge in [-0.3, -0.25) is 24.0 Å². The molecule has 0 bridgehead atoms. The topological polar surface area (TPSA) is 128 Å². The van der Waals surface area contributed by atoms with Crippen LogP contribution in [0.15, 0.2) is 30.3 Å². The standard InChI is InChI=1S/C33H44FN5O5S/c1-4-30(41)36-26(33(44)39-16-14-38(3)15-17-39)19-21-10-11-25(24(34)18-21)37-31(42)23(22-8-6-5-7-9-22)20-27(40)28-12-13-29(45-28)32(43)35-2/h10-13,18,22-23,26H,4-9,14-17,19-20H2,1-3H3,(H,35,43)(H,36,41)(H,37,42)/t23-,26+/m0/s1. The Balaban J connectivity index is 1.47. The van der Waals surface area contributed by atoms with E-state index in [4.69, 9.17) is 0 Å². The van der Waals surface area contributed by atoms with Gasteiger partial charge in [-0.1, -0.05) is 32.3 Å². The lowest BCUT2D eigenvalue weighted by Crippen LogP contribution is -2.54. The van der Waals surface area contributed by atoms with Gasteiger partial charge in [-0.2, -0.15) is 0 Å². The first-order valence-corrected chi connectivity index (χ1v) is 16.6. The third-order valence-electron chi connectivity index (χ3n) is 8.79. The molecule has 1 aromatic heterocycles. The van der Waals surface area contributed by atoms with Crippen molar-refractivity contribution in [1.29, 1.82) is 0 Å². The number of piperazine rings is 1. The summed E-state index contributed by atoms with van der Waals surface area (Å²) in [5.74, 6) is -2.68. The van der Waals surface area contributed by atoms with Crippen molar-refractivity contribution < 1.29 is 28.4 Å². The van der Waals surface area contributed by atoms with E-state index in [0.29, 0.717) is 28.4 Å². The van der Waals surface area contributed by atoms with Crippen LogP contribution in [0.1, 0.15) is 76.8 Å². The molecule has 4 rings (SSSR count). The fraction of sp³-hybridized carbons (Fsp3) is 0.545. The number of rotatable bonds is 12. The fourth-order valence-electron chi connectivity index (χ4n) is 6.04. The van der Waals surface area contributed by atoms with Gasteiger partial charge in [0.25, 0.3) is 5.91 Å². The Kier molecular flexibility index (Phi) is 12.2. The molecule has 3 N–H and O–H groups in total. The van der Waals surface area contributed by atoms with Crippen molar-refractivity contribution in [3.8, 4) is 0 Å². The van der Waals surface area contributed by atoms with Crippen molar-refractivity contribution in [3.05, 3.63) is 51.5 Å². The van der Waals surface area contributed by atoms with Crippen LogP contribution >= 0.6 is 11.3 Å². The minimum atomic E-state index is -0.830. The molecule has 0 radical (unpaired) electrons. The summed E-state index contributed by atoms with van der Waals surface area (Å²) >= 11 is 1.09. The number of likely N-dealkylation sites (N-methyl/N-ethyl adjacent to an activating group) is 1. The second-order valence-electron chi connectivity index (χ2n) is 12.0. The monoisotopic (exact) mass is 641 g/mol. The summed E-state index contributed by atoms with van der Waals surface area (Å²) in [4.78, 5) is 69.1. The van der Waals surface area contributed by atoms with Gasteiger partial charge < -0.3 is 25.8 Å². The van der Waals surface area contributed by atoms with Gasteiger partial charge in [0.1, 0.15) is 11.9 Å². The van der Waals surface area contributed by atoms with Crippen molar-refractivity contribution in [2.45, 2.75) is 64.3 Å². The molecular formula is C33H44FN5O5S. The Morgan fingerprint density at radius 2 is 1.67 bits per heavy atom. The SMILES string of the molecule is CCC(=O)N[C@H](Cc1ccc(NC(=O)[C@@H](CC(=O)c2ccc(C(=O)NC)s2)C2CCCCC2)c(F)c1)C(=O)N1CCN(C)CC1. The van der Waals surface area contributed by atoms with Gasteiger partial charge in [0, 0.05) is 58.4 Å². The second kappa shape index (κ2) is 16.1. The fourth-order valence-corrected chi connectivity index (χ4v) is 6.94. The Bertz CT molecular complexity index is 1380. The van der Waals surface area contributed by atoms with Gasteiger partial charge in [-0.25, -0.2) is 4.39 Å². The number of nitrogens with one attached hydrogen (secondary N) is 3. The Hall–Kier alpha value is -3.64. The molecule has 4 amide bonds. The van der Waals surface area contributed by atoms with Gasteiger partial charge in [0.05, 0.1) is 15.4 Å². The van der Waals surface area contributed by atoms with E-state index in [2.05, 4.69) is 20.9 Å². The second-order valence-corrected chi connectivity index (χ2v) is 13.1. The average Bonchev–Trinajstić information content (AvgIpc) is 3.55. The molecule has 2 fully saturated rings. The summed E-state index contributed by atoms with van der Waals surface area (Å²) in [7, 11) is 3.51. The molecule has 1 aliphatic carbocycles. The van der Waals surface area contributed by atoms with E-state index in [1.807, 2.05) is 7.05 Å². The van der Waals surface area contributed by atoms with Crippen molar-refractivity contribution in [2.24, 2.45) is 11.8 Å². The Morgan fingerprint density at radius 1 is 0.978 bits per heavy atom. The van der Waals surface area contributed by atoms with E-state index >= 15 is 4.39 Å². The lowest BCUT2D eigenvalue weighted by Gasteiger charge is -2.34. The van der Waals surface area contributed by atoms with E-state index in [9.17, 15) is 24.0 Å². The Morgan fingerprint density at radius 3 is 2.31 bits per heavy atom. The van der Waals surface area contributed by atoms with Crippen LogP contribution in [0.25, 0.3) is 0 Å². The molecule has 2 heterocycles. The normalized spacial score (nSPS) is 17.3. The summed E-state index contributed by atoms with van der Waals surface area (Å²) < 4.78 is 15.4. The maximum Gasteiger partial charge on any atom is 0.261 e. The maximum absolute atomic E-state index is 15.4. The molecule has 45 heavy (non-hydrogen) atoms. The van der Waals surface area contributed by atoms with Crippen LogP contribution in [-0.4, -0.2) is 85.5 Å². The number of halogens is 1. The van der Waals surface area contributed by atoms with Crippen molar-refractivity contribution >= 4 is 46.4 Å². The molecule has 0 spiro atoms. The van der Waals surface area contributed by atoms with E-state index < -0.39 is 23.7 Å². The molecule has 2 aliphatic rings. The Labute approximate surface area is 268 Å². The molecule has 1 aliphatic heterocycles. The van der Waals surface area contributed by atoms with E-state index in [1.54, 1.807) is 30.0 Å². The van der Waals surface area contributed by atoms with Crippen LogP contribution in [0.5, 0.6) is 0 Å². The highest BCUT2D eigenvalue weighted by atomic mass is 32.1. The minimum absolute atomic E-state index is 0.00502. The summed E-state index contributed by atoms with van der Waals surface area (Å²) in [6.07, 6.45) is 4.93. The summed E-state index contributed by atoms with van der Waals surface area (Å²) in [6, 6.07) is 6.77. The zero-order valence-corrected chi connectivity index (χ0v) is 27.1. The van der Waals surface area contributed by atoms with Gasteiger partial charge in [0.15, 0.2) is 5.78 Å². The zero-order valence-electron chi connectivity index (χ0n) is 26.3. The number of hydrogen-bond donors (Lipinski definition) is 3. The third kappa shape index (κ3) is 9.20. The number of amides is 4. The first-order valence-electron chi connectivity index (χ1n) is 15.8. The molecule has 0 unspecified atom stereocenters. The number of benzene rings is 1. The van der Waals surface area contributed by atoms with Gasteiger partial charge in [-0.15, -0.1) is 11.3 Å². The predicted molar refractivity (Wildman–Crippen MR) is 172 cm³/mol. The van der Waals surface area contributed by atoms with E-state index in [0.717, 1.165) is 56.5 Å². The maximum atomic E-state index is 15.4. The highest BCUT2D eigenvalue weighted by Crippen LogP contribution is 2.34. The number of hydrogen-bond acceptors (Lipinski definition) is 7. The smallest absolute Gasteiger partial charge is 0.261 e. The van der Waals surface area contributed by atoms with E-state index in [-0.39, 0.29) is 54.4 Å². The lowest BCUT2D eigenvalue weighted by atomic mass is 9.77. The number of carbonyl (C=O) groups is 5. The first-order chi connectivity index (χ1) is 21.6. The van der Waals surface area contributed by atoms with Crippen LogP contribution in [-0.2, 0) is 20.8 Å². The van der Waals surface area contributed by atoms with Gasteiger partial charge >= 0.3 is 0 Å². The number of carbonyl (C=O) groups excluding carboxylic acids is 5. The predicted octanol–water partition coefficient (Wildman–Crippen LogP) is 3.87. The zero-order chi connectivity index (χ0) is 32.5. The molecule has 244 valence electrons. The molecule has 10 nitrogen and oxygen atoms in total. The average molecular weight is 642 g/mol. The minimum Gasteiger partial charge on any atom is -0.354 e. The van der Waals surface area contributed by atoms with Crippen LogP contribution in [0.3, 0.4) is 0 Å². The van der Waals surface area contributed by atoms with Crippen LogP contribution < -0.4 is 16.0 Å². The van der Waals surface area contributed by atoms with Crippen molar-refractivity contribution in [3.63, 3.8) is 0 Å². The van der Waals surface area contributed by atoms with Crippen LogP contribution in [0, 0.1) is 17.7 Å². The molecule has 2 aromatic rings. The molecule has 2 atom stereocenters. The molecule has 1 saturated carbocycles. The summed E-state index contributed by atoms with van der Waals surface area (Å²) in [6.45, 7) is 4.29. The van der Waals surface area contributed by atoms with Gasteiger partial charge in [-0.05, 0) is 55.6 Å². The largest absolute Gasteiger partial charge is 0.354 e. The first kappa shape index (κ1) is 34.2. The van der Waals surface area contributed by atoms with Crippen LogP contribution in [0.2, 0.25) is 0 Å². The number of anilines is 1. The highest BCUT2D eigenvalue weighted by molar-refractivity contribution is 7.16. The van der Waals surface area contributed by atoms with Crippen molar-refractivity contribution in [1.82, 2.24) is 20.4 Å². The lowest BCUT2D eigenvalue weighted by molar-refractivity contribution is -0.137. The number of ketones is 1. The summed E-state index contributed by atoms with van der Waals surface area (Å²) in [5.41, 5.74) is 0.507. The molecule has 1 saturated heterocycles. The number of nitrogens with zero attached hydrogens (tertiary/aromatic N) is 2. The number of Topliss-reactive ketones (excluding diaryl/α,β-unsaturated/α-hetero) is 1.